The smallest absolute Gasteiger partial charge is 0.404 e. The summed E-state index contributed by atoms with van der Waals surface area (Å²) in [7, 11) is 2.87. The van der Waals surface area contributed by atoms with Crippen molar-refractivity contribution in [1.82, 2.24) is 0 Å². The second-order valence-electron chi connectivity index (χ2n) is 4.41. The number of hydrogen-bond donors (Lipinski definition) is 1. The van der Waals surface area contributed by atoms with Gasteiger partial charge in [-0.2, -0.15) is 12.1 Å². The van der Waals surface area contributed by atoms with Gasteiger partial charge in [-0.25, -0.2) is 9.59 Å². The van der Waals surface area contributed by atoms with Crippen LogP contribution in [-0.2, 0) is 14.3 Å². The molecule has 0 saturated carbocycles. The molecule has 7 nitrogen and oxygen atoms in total. The third-order valence-electron chi connectivity index (χ3n) is 3.12. The van der Waals surface area contributed by atoms with Gasteiger partial charge in [-0.05, 0) is 6.58 Å². The molecule has 1 N–H and O–H groups in total. The van der Waals surface area contributed by atoms with E-state index in [1.54, 1.807) is 25.2 Å². The van der Waals surface area contributed by atoms with Gasteiger partial charge in [-0.1, -0.05) is 11.4 Å². The molecule has 116 valence electrons. The fraction of sp³-hybridized carbons (Fsp3) is 0.286. The van der Waals surface area contributed by atoms with Crippen molar-refractivity contribution in [2.24, 2.45) is 0 Å². The Hall–Kier alpha value is -1.65. The van der Waals surface area contributed by atoms with E-state index in [1.807, 2.05) is 0 Å². The normalized spacial score (nSPS) is 16.5. The first-order valence-corrected chi connectivity index (χ1v) is 6.13. The van der Waals surface area contributed by atoms with E-state index in [0.717, 1.165) is 0 Å². The maximum Gasteiger partial charge on any atom is 0.404 e. The maximum atomic E-state index is 11.8. The van der Waals surface area contributed by atoms with E-state index in [9.17, 15) is 14.7 Å². The SMILES string of the molecule is C=C(O)N(C)c1[c-]cc(N2C[C@H](C(=O)OC)OC2=O)cc1.[U]. The van der Waals surface area contributed by atoms with Crippen LogP contribution in [0.3, 0.4) is 0 Å². The van der Waals surface area contributed by atoms with Gasteiger partial charge in [-0.3, -0.25) is 0 Å². The molecule has 0 spiro atoms. The Kier molecular flexibility index (Phi) is 6.33. The molecular formula is C14H15N2O5U-. The van der Waals surface area contributed by atoms with Crippen molar-refractivity contribution in [1.29, 1.82) is 0 Å². The minimum absolute atomic E-state index is 0. The number of cyclic esters (lactones) is 1. The molecule has 1 amide bonds. The number of nitrogens with zero attached hydrogens (tertiary/aromatic N) is 2. The summed E-state index contributed by atoms with van der Waals surface area (Å²) in [4.78, 5) is 25.9. The molecular weight excluding hydrogens is 514 g/mol. The predicted octanol–water partition coefficient (Wildman–Crippen LogP) is 1.45. The van der Waals surface area contributed by atoms with E-state index >= 15 is 0 Å². The number of ether oxygens (including phenoxy) is 2. The van der Waals surface area contributed by atoms with Crippen LogP contribution in [0.5, 0.6) is 0 Å². The summed E-state index contributed by atoms with van der Waals surface area (Å²) in [5.74, 6) is -0.715. The number of anilines is 2. The first kappa shape index (κ1) is 18.4. The molecule has 22 heavy (non-hydrogen) atoms. The van der Waals surface area contributed by atoms with Gasteiger partial charge in [0, 0.05) is 38.2 Å². The van der Waals surface area contributed by atoms with Crippen LogP contribution in [0.4, 0.5) is 16.2 Å². The number of aliphatic hydroxyl groups is 1. The molecule has 0 aliphatic carbocycles. The Morgan fingerprint density at radius 1 is 1.59 bits per heavy atom. The van der Waals surface area contributed by atoms with Gasteiger partial charge in [0.25, 0.3) is 0 Å². The van der Waals surface area contributed by atoms with Crippen molar-refractivity contribution in [3.63, 3.8) is 0 Å². The molecule has 1 heterocycles. The van der Waals surface area contributed by atoms with Gasteiger partial charge in [0.1, 0.15) is 0 Å². The fourth-order valence-electron chi connectivity index (χ4n) is 1.85. The van der Waals surface area contributed by atoms with Crippen LogP contribution in [-0.4, -0.2) is 44.0 Å². The Morgan fingerprint density at radius 2 is 2.27 bits per heavy atom. The predicted molar refractivity (Wildman–Crippen MR) is 75.1 cm³/mol. The van der Waals surface area contributed by atoms with Crippen molar-refractivity contribution < 1.29 is 55.3 Å². The Labute approximate surface area is 151 Å². The van der Waals surface area contributed by atoms with E-state index in [2.05, 4.69) is 17.4 Å². The van der Waals surface area contributed by atoms with Crippen molar-refractivity contribution in [2.45, 2.75) is 6.10 Å². The van der Waals surface area contributed by atoms with Crippen LogP contribution in [0.15, 0.2) is 30.7 Å². The number of carbonyl (C=O) groups is 2. The summed E-state index contributed by atoms with van der Waals surface area (Å²) in [6.07, 6.45) is -1.55. The van der Waals surface area contributed by atoms with Gasteiger partial charge in [-0.15, -0.1) is 12.1 Å². The summed E-state index contributed by atoms with van der Waals surface area (Å²) in [6, 6.07) is 7.80. The molecule has 0 bridgehead atoms. The van der Waals surface area contributed by atoms with Crippen LogP contribution in [0.25, 0.3) is 0 Å². The van der Waals surface area contributed by atoms with Gasteiger partial charge in [0.2, 0.25) is 6.10 Å². The van der Waals surface area contributed by atoms with E-state index in [4.69, 9.17) is 4.74 Å². The molecule has 1 aromatic carbocycles. The first-order valence-electron chi connectivity index (χ1n) is 6.13. The summed E-state index contributed by atoms with van der Waals surface area (Å²) < 4.78 is 9.48. The van der Waals surface area contributed by atoms with E-state index in [1.165, 1.54) is 16.9 Å². The topological polar surface area (TPSA) is 79.3 Å². The monoisotopic (exact) mass is 529 g/mol. The number of rotatable bonds is 4. The largest absolute Gasteiger partial charge is 0.495 e. The molecule has 1 fully saturated rings. The van der Waals surface area contributed by atoms with Crippen molar-refractivity contribution in [3.05, 3.63) is 36.7 Å². The molecule has 2 rings (SSSR count). The second kappa shape index (κ2) is 7.57. The van der Waals surface area contributed by atoms with Gasteiger partial charge >= 0.3 is 12.1 Å². The number of esters is 1. The number of carbonyl (C=O) groups excluding carboxylic acids is 2. The summed E-state index contributed by atoms with van der Waals surface area (Å²) in [5, 5.41) is 9.30. The van der Waals surface area contributed by atoms with Crippen molar-refractivity contribution >= 4 is 23.4 Å². The van der Waals surface area contributed by atoms with Crippen LogP contribution < -0.4 is 9.80 Å². The Morgan fingerprint density at radius 3 is 2.77 bits per heavy atom. The van der Waals surface area contributed by atoms with E-state index < -0.39 is 18.2 Å². The van der Waals surface area contributed by atoms with Crippen molar-refractivity contribution in [3.8, 4) is 0 Å². The van der Waals surface area contributed by atoms with Crippen LogP contribution in [0.2, 0.25) is 0 Å². The summed E-state index contributed by atoms with van der Waals surface area (Å²) in [5.41, 5.74) is 1.12. The van der Waals surface area contributed by atoms with Gasteiger partial charge < -0.3 is 24.4 Å². The maximum absolute atomic E-state index is 11.8. The number of benzene rings is 1. The third-order valence-corrected chi connectivity index (χ3v) is 3.12. The average molecular weight is 529 g/mol. The van der Waals surface area contributed by atoms with Gasteiger partial charge in [0.15, 0.2) is 5.88 Å². The minimum atomic E-state index is -0.929. The molecule has 0 unspecified atom stereocenters. The van der Waals surface area contributed by atoms with Crippen LogP contribution in [0.1, 0.15) is 0 Å². The van der Waals surface area contributed by atoms with Crippen molar-refractivity contribution in [2.75, 3.05) is 30.5 Å². The first-order chi connectivity index (χ1) is 9.93. The zero-order valence-electron chi connectivity index (χ0n) is 12.2. The molecule has 0 aromatic heterocycles. The molecule has 1 saturated heterocycles. The average Bonchev–Trinajstić information content (AvgIpc) is 2.87. The molecule has 1 atom stereocenters. The fourth-order valence-corrected chi connectivity index (χ4v) is 1.85. The Bertz CT molecular complexity index is 575. The second-order valence-corrected chi connectivity index (χ2v) is 4.41. The van der Waals surface area contributed by atoms with Crippen LogP contribution in [0, 0.1) is 37.2 Å². The number of methoxy groups -OCH3 is 1. The molecule has 1 aromatic rings. The standard InChI is InChI=1S/C14H15N2O5.U/c1-9(17)15(2)10-4-6-11(7-5-10)16-8-12(13(18)20-3)21-14(16)19;/h4,6-7,12,17H,1,8H2,2-3H3;/q-1;/t12-;/m1./s1. The number of amides is 1. The molecule has 8 heteroatoms. The van der Waals surface area contributed by atoms with Gasteiger partial charge in [0.05, 0.1) is 13.7 Å². The molecule has 1 aliphatic rings. The molecule has 0 radical (unpaired) electrons. The number of hydrogen-bond acceptors (Lipinski definition) is 6. The zero-order chi connectivity index (χ0) is 15.6. The molecule has 1 aliphatic heterocycles. The quantitative estimate of drug-likeness (QED) is 0.362. The summed E-state index contributed by atoms with van der Waals surface area (Å²) in [6.45, 7) is 3.49. The van der Waals surface area contributed by atoms with Crippen LogP contribution >= 0.6 is 0 Å². The minimum Gasteiger partial charge on any atom is -0.495 e. The summed E-state index contributed by atoms with van der Waals surface area (Å²) >= 11 is 0. The van der Waals surface area contributed by atoms with E-state index in [0.29, 0.717) is 11.4 Å². The third kappa shape index (κ3) is 3.76. The Balaban J connectivity index is 0.00000242. The van der Waals surface area contributed by atoms with E-state index in [-0.39, 0.29) is 43.5 Å². The number of aliphatic hydroxyl groups excluding tert-OH is 1. The zero-order valence-corrected chi connectivity index (χ0v) is 16.4.